The molecule has 4 aliphatic rings. The van der Waals surface area contributed by atoms with E-state index in [1.54, 1.807) is 0 Å². The van der Waals surface area contributed by atoms with E-state index in [0.717, 1.165) is 38.5 Å². The summed E-state index contributed by atoms with van der Waals surface area (Å²) in [5.74, 6) is 0.855. The number of carbonyl (C=O) groups is 2. The zero-order valence-corrected chi connectivity index (χ0v) is 18.1. The molecule has 0 aromatic heterocycles. The summed E-state index contributed by atoms with van der Waals surface area (Å²) >= 11 is 0. The molecule has 0 bridgehead atoms. The number of aliphatic hydroxyl groups excluding tert-OH is 2. The van der Waals surface area contributed by atoms with Crippen LogP contribution in [0, 0.1) is 46.3 Å². The Kier molecular flexibility index (Phi) is 5.39. The van der Waals surface area contributed by atoms with Gasteiger partial charge in [-0.3, -0.25) is 9.59 Å². The van der Waals surface area contributed by atoms with Crippen LogP contribution in [0.25, 0.3) is 0 Å². The molecule has 29 heavy (non-hydrogen) atoms. The predicted molar refractivity (Wildman–Crippen MR) is 109 cm³/mol. The van der Waals surface area contributed by atoms with Crippen molar-refractivity contribution in [1.82, 2.24) is 0 Å². The minimum absolute atomic E-state index is 0.0348. The Bertz CT molecular complexity index is 676. The van der Waals surface area contributed by atoms with Gasteiger partial charge in [0.15, 0.2) is 0 Å². The van der Waals surface area contributed by atoms with Crippen molar-refractivity contribution in [2.24, 2.45) is 46.3 Å². The summed E-state index contributed by atoms with van der Waals surface area (Å²) in [6.45, 7) is 6.54. The fourth-order valence-corrected chi connectivity index (χ4v) is 8.41. The molecule has 164 valence electrons. The molecule has 5 nitrogen and oxygen atoms in total. The summed E-state index contributed by atoms with van der Waals surface area (Å²) in [6.07, 6.45) is 5.82. The minimum atomic E-state index is -0.771. The average Bonchev–Trinajstić information content (AvgIpc) is 3.01. The van der Waals surface area contributed by atoms with Gasteiger partial charge in [-0.25, -0.2) is 0 Å². The van der Waals surface area contributed by atoms with Gasteiger partial charge in [0.25, 0.3) is 0 Å². The van der Waals surface area contributed by atoms with Crippen molar-refractivity contribution in [3.05, 3.63) is 0 Å². The summed E-state index contributed by atoms with van der Waals surface area (Å²) in [4.78, 5) is 24.7. The van der Waals surface area contributed by atoms with Crippen molar-refractivity contribution < 1.29 is 24.9 Å². The first-order valence-corrected chi connectivity index (χ1v) is 11.7. The van der Waals surface area contributed by atoms with Gasteiger partial charge in [-0.2, -0.15) is 0 Å². The standard InChI is InChI=1S/C24H38O5/c1-13(4-7-21(28)29)16-5-6-17-22-18(12-20(27)24(16,17)3)23(2)9-8-15(25)10-14(23)11-19(22)26/h13-19,22,25-26H,4-12H2,1-3H3,(H,28,29)/t13-,14+,15?,16-,17+,18+,19+,22+,23+,24-/m1/s1. The van der Waals surface area contributed by atoms with E-state index in [-0.39, 0.29) is 47.5 Å². The van der Waals surface area contributed by atoms with Crippen LogP contribution in [-0.2, 0) is 9.59 Å². The van der Waals surface area contributed by atoms with Crippen molar-refractivity contribution in [3.63, 3.8) is 0 Å². The minimum Gasteiger partial charge on any atom is -0.481 e. The van der Waals surface area contributed by atoms with Crippen molar-refractivity contribution in [2.45, 2.75) is 90.8 Å². The number of carboxylic acid groups (broad SMARTS) is 1. The first kappa shape index (κ1) is 21.3. The van der Waals surface area contributed by atoms with Gasteiger partial charge in [0, 0.05) is 18.3 Å². The largest absolute Gasteiger partial charge is 0.481 e. The Hall–Kier alpha value is -0.940. The maximum absolute atomic E-state index is 13.6. The van der Waals surface area contributed by atoms with Gasteiger partial charge in [0.2, 0.25) is 0 Å². The van der Waals surface area contributed by atoms with E-state index in [4.69, 9.17) is 5.11 Å². The molecule has 4 rings (SSSR count). The van der Waals surface area contributed by atoms with E-state index in [0.29, 0.717) is 24.5 Å². The van der Waals surface area contributed by atoms with Crippen LogP contribution in [0.5, 0.6) is 0 Å². The van der Waals surface area contributed by atoms with E-state index in [2.05, 4.69) is 20.8 Å². The highest BCUT2D eigenvalue weighted by molar-refractivity contribution is 5.87. The van der Waals surface area contributed by atoms with Crippen LogP contribution in [0.15, 0.2) is 0 Å². The number of ketones is 1. The van der Waals surface area contributed by atoms with Crippen LogP contribution in [-0.4, -0.2) is 39.3 Å². The molecular formula is C24H38O5. The van der Waals surface area contributed by atoms with Gasteiger partial charge in [-0.05, 0) is 85.9 Å². The van der Waals surface area contributed by atoms with Crippen LogP contribution in [0.4, 0.5) is 0 Å². The lowest BCUT2D eigenvalue weighted by Crippen LogP contribution is -2.61. The van der Waals surface area contributed by atoms with Crippen LogP contribution in [0.2, 0.25) is 0 Å². The van der Waals surface area contributed by atoms with E-state index >= 15 is 0 Å². The SMILES string of the molecule is C[C@H](CCC(=O)O)[C@H]1CC[C@H]2[C@@H]3[C@@H](O)C[C@@H]4CC(O)CC[C@]4(C)[C@H]3CC(=O)[C@]12C. The van der Waals surface area contributed by atoms with Crippen molar-refractivity contribution >= 4 is 11.8 Å². The molecule has 1 unspecified atom stereocenters. The Labute approximate surface area is 174 Å². The topological polar surface area (TPSA) is 94.8 Å². The molecule has 10 atom stereocenters. The van der Waals surface area contributed by atoms with Gasteiger partial charge in [0.05, 0.1) is 12.2 Å². The van der Waals surface area contributed by atoms with Gasteiger partial charge in [-0.15, -0.1) is 0 Å². The van der Waals surface area contributed by atoms with Crippen LogP contribution >= 0.6 is 0 Å². The molecule has 4 aliphatic carbocycles. The molecule has 0 aromatic carbocycles. The second kappa shape index (κ2) is 7.33. The number of rotatable bonds is 4. The third kappa shape index (κ3) is 3.18. The summed E-state index contributed by atoms with van der Waals surface area (Å²) in [5.41, 5.74) is -0.398. The fourth-order valence-electron chi connectivity index (χ4n) is 8.41. The van der Waals surface area contributed by atoms with Crippen LogP contribution < -0.4 is 0 Å². The molecule has 0 radical (unpaired) electrons. The molecule has 4 saturated carbocycles. The molecule has 5 heteroatoms. The lowest BCUT2D eigenvalue weighted by molar-refractivity contribution is -0.181. The van der Waals surface area contributed by atoms with Gasteiger partial charge in [0.1, 0.15) is 5.78 Å². The van der Waals surface area contributed by atoms with E-state index in [1.165, 1.54) is 0 Å². The lowest BCUT2D eigenvalue weighted by atomic mass is 9.43. The molecule has 0 saturated heterocycles. The lowest BCUT2D eigenvalue weighted by Gasteiger charge is -2.61. The Morgan fingerprint density at radius 2 is 1.86 bits per heavy atom. The predicted octanol–water partition coefficient (Wildman–Crippen LogP) is 3.66. The highest BCUT2D eigenvalue weighted by atomic mass is 16.4. The molecular weight excluding hydrogens is 368 g/mol. The summed E-state index contributed by atoms with van der Waals surface area (Å²) in [5, 5.41) is 30.5. The second-order valence-corrected chi connectivity index (χ2v) is 11.2. The number of aliphatic carboxylic acids is 1. The summed E-state index contributed by atoms with van der Waals surface area (Å²) in [6, 6.07) is 0. The molecule has 0 amide bonds. The van der Waals surface area contributed by atoms with Crippen molar-refractivity contribution in [2.75, 3.05) is 0 Å². The molecule has 0 spiro atoms. The number of fused-ring (bicyclic) bond motifs is 5. The maximum Gasteiger partial charge on any atom is 0.303 e. The Morgan fingerprint density at radius 3 is 2.55 bits per heavy atom. The van der Waals surface area contributed by atoms with Crippen LogP contribution in [0.1, 0.15) is 78.6 Å². The summed E-state index contributed by atoms with van der Waals surface area (Å²) < 4.78 is 0. The Morgan fingerprint density at radius 1 is 1.14 bits per heavy atom. The van der Waals surface area contributed by atoms with Gasteiger partial charge < -0.3 is 15.3 Å². The smallest absolute Gasteiger partial charge is 0.303 e. The number of carbonyl (C=O) groups excluding carboxylic acids is 1. The molecule has 4 fully saturated rings. The molecule has 0 aromatic rings. The van der Waals surface area contributed by atoms with Crippen molar-refractivity contribution in [1.29, 1.82) is 0 Å². The maximum atomic E-state index is 13.6. The van der Waals surface area contributed by atoms with Gasteiger partial charge >= 0.3 is 5.97 Å². The number of hydrogen-bond donors (Lipinski definition) is 3. The number of hydrogen-bond acceptors (Lipinski definition) is 4. The summed E-state index contributed by atoms with van der Waals surface area (Å²) in [7, 11) is 0. The van der Waals surface area contributed by atoms with E-state index in [9.17, 15) is 19.8 Å². The fraction of sp³-hybridized carbons (Fsp3) is 0.917. The monoisotopic (exact) mass is 406 g/mol. The molecule has 0 heterocycles. The second-order valence-electron chi connectivity index (χ2n) is 11.2. The highest BCUT2D eigenvalue weighted by Gasteiger charge is 2.65. The third-order valence-corrected chi connectivity index (χ3v) is 10.1. The molecule has 3 N–H and O–H groups in total. The third-order valence-electron chi connectivity index (χ3n) is 10.1. The van der Waals surface area contributed by atoms with Crippen molar-refractivity contribution in [3.8, 4) is 0 Å². The number of Topliss-reactive ketones (excluding diaryl/α,β-unsaturated/α-hetero) is 1. The Balaban J connectivity index is 1.62. The molecule has 0 aliphatic heterocycles. The van der Waals surface area contributed by atoms with E-state index < -0.39 is 17.5 Å². The number of aliphatic hydroxyl groups is 2. The quantitative estimate of drug-likeness (QED) is 0.662. The van der Waals surface area contributed by atoms with Gasteiger partial charge in [-0.1, -0.05) is 20.8 Å². The first-order valence-electron chi connectivity index (χ1n) is 11.7. The first-order chi connectivity index (χ1) is 13.6. The number of carboxylic acids is 1. The zero-order valence-electron chi connectivity index (χ0n) is 18.1. The zero-order chi connectivity index (χ0) is 21.1. The highest BCUT2D eigenvalue weighted by Crippen LogP contribution is 2.67. The average molecular weight is 407 g/mol. The normalized spacial score (nSPS) is 50.4. The van der Waals surface area contributed by atoms with Crippen LogP contribution in [0.3, 0.4) is 0 Å². The van der Waals surface area contributed by atoms with E-state index in [1.807, 2.05) is 0 Å².